The van der Waals surface area contributed by atoms with E-state index in [0.717, 1.165) is 22.9 Å². The molecule has 4 aromatic rings. The molecule has 1 aromatic heterocycles. The van der Waals surface area contributed by atoms with Crippen molar-refractivity contribution in [3.05, 3.63) is 94.5 Å². The highest BCUT2D eigenvalue weighted by Crippen LogP contribution is 2.31. The van der Waals surface area contributed by atoms with Crippen LogP contribution in [0.5, 0.6) is 0 Å². The average Bonchev–Trinajstić information content (AvgIpc) is 3.52. The summed E-state index contributed by atoms with van der Waals surface area (Å²) in [5, 5.41) is 14.6. The zero-order chi connectivity index (χ0) is 24.4. The smallest absolute Gasteiger partial charge is 0.269 e. The molecule has 1 aliphatic rings. The standard InChI is InChI=1S/C27H23N3O5/c31-26(15-18-5-2-1-3-6-18)29-14-4-7-23(29)27(32)28-21-10-13-24-20(16-21)17-25(35-24)19-8-11-22(12-9-19)30(33)34/h1-3,5-6,8-13,16-17,23H,4,7,14-15H2,(H,28,32)/t23-/m0/s1. The molecule has 35 heavy (non-hydrogen) atoms. The van der Waals surface area contributed by atoms with Crippen LogP contribution >= 0.6 is 0 Å². The van der Waals surface area contributed by atoms with Crippen LogP contribution in [0.25, 0.3) is 22.3 Å². The van der Waals surface area contributed by atoms with Crippen LogP contribution in [0.2, 0.25) is 0 Å². The maximum atomic E-state index is 13.0. The fourth-order valence-corrected chi connectivity index (χ4v) is 4.45. The molecule has 0 saturated carbocycles. The molecule has 8 heteroatoms. The zero-order valence-corrected chi connectivity index (χ0v) is 18.8. The summed E-state index contributed by atoms with van der Waals surface area (Å²) in [6.07, 6.45) is 1.69. The molecule has 1 saturated heterocycles. The van der Waals surface area contributed by atoms with Gasteiger partial charge in [0.05, 0.1) is 11.3 Å². The molecule has 0 bridgehead atoms. The fraction of sp³-hybridized carbons (Fsp3) is 0.185. The second-order valence-electron chi connectivity index (χ2n) is 8.56. The highest BCUT2D eigenvalue weighted by Gasteiger charge is 2.34. The minimum Gasteiger partial charge on any atom is -0.456 e. The molecule has 0 spiro atoms. The lowest BCUT2D eigenvalue weighted by Crippen LogP contribution is -2.43. The zero-order valence-electron chi connectivity index (χ0n) is 18.8. The number of nitrogens with one attached hydrogen (secondary N) is 1. The number of nitrogens with zero attached hydrogens (tertiary/aromatic N) is 2. The first-order valence-electron chi connectivity index (χ1n) is 11.4. The lowest BCUT2D eigenvalue weighted by molar-refractivity contribution is -0.384. The molecule has 0 radical (unpaired) electrons. The number of carbonyl (C=O) groups is 2. The summed E-state index contributed by atoms with van der Waals surface area (Å²) in [7, 11) is 0. The van der Waals surface area contributed by atoms with Gasteiger partial charge in [-0.2, -0.15) is 0 Å². The summed E-state index contributed by atoms with van der Waals surface area (Å²) >= 11 is 0. The number of hydrogen-bond donors (Lipinski definition) is 1. The molecular weight excluding hydrogens is 446 g/mol. The first kappa shape index (κ1) is 22.3. The molecule has 2 heterocycles. The summed E-state index contributed by atoms with van der Waals surface area (Å²) in [5.41, 5.74) is 2.91. The summed E-state index contributed by atoms with van der Waals surface area (Å²) in [5.74, 6) is 0.320. The maximum absolute atomic E-state index is 13.0. The fourth-order valence-electron chi connectivity index (χ4n) is 4.45. The summed E-state index contributed by atoms with van der Waals surface area (Å²) < 4.78 is 5.88. The van der Waals surface area contributed by atoms with Crippen molar-refractivity contribution in [1.29, 1.82) is 0 Å². The monoisotopic (exact) mass is 469 g/mol. The number of likely N-dealkylation sites (tertiary alicyclic amines) is 1. The number of nitro benzene ring substituents is 1. The Bertz CT molecular complexity index is 1400. The Morgan fingerprint density at radius 1 is 1.03 bits per heavy atom. The van der Waals surface area contributed by atoms with E-state index in [9.17, 15) is 19.7 Å². The van der Waals surface area contributed by atoms with Crippen LogP contribution in [0.4, 0.5) is 11.4 Å². The number of amides is 2. The second-order valence-corrected chi connectivity index (χ2v) is 8.56. The molecule has 1 aliphatic heterocycles. The van der Waals surface area contributed by atoms with Gasteiger partial charge < -0.3 is 14.6 Å². The van der Waals surface area contributed by atoms with Crippen LogP contribution in [-0.2, 0) is 16.0 Å². The molecule has 8 nitrogen and oxygen atoms in total. The summed E-state index contributed by atoms with van der Waals surface area (Å²) in [6, 6.07) is 22.3. The van der Waals surface area contributed by atoms with Crippen LogP contribution in [0.15, 0.2) is 83.3 Å². The molecule has 0 aliphatic carbocycles. The van der Waals surface area contributed by atoms with Crippen molar-refractivity contribution in [2.24, 2.45) is 0 Å². The van der Waals surface area contributed by atoms with E-state index in [1.807, 2.05) is 42.5 Å². The van der Waals surface area contributed by atoms with Gasteiger partial charge in [-0.1, -0.05) is 30.3 Å². The SMILES string of the molecule is O=C(Nc1ccc2oc(-c3ccc([N+](=O)[O-])cc3)cc2c1)[C@@H]1CCCN1C(=O)Cc1ccccc1. The Morgan fingerprint density at radius 2 is 1.80 bits per heavy atom. The number of fused-ring (bicyclic) bond motifs is 1. The van der Waals surface area contributed by atoms with Crippen molar-refractivity contribution < 1.29 is 18.9 Å². The second kappa shape index (κ2) is 9.42. The average molecular weight is 469 g/mol. The van der Waals surface area contributed by atoms with Crippen molar-refractivity contribution in [1.82, 2.24) is 4.90 Å². The quantitative estimate of drug-likeness (QED) is 0.309. The Hall–Kier alpha value is -4.46. The molecular formula is C27H23N3O5. The van der Waals surface area contributed by atoms with Crippen molar-refractivity contribution in [3.8, 4) is 11.3 Å². The third-order valence-electron chi connectivity index (χ3n) is 6.22. The summed E-state index contributed by atoms with van der Waals surface area (Å²) in [4.78, 5) is 38.0. The van der Waals surface area contributed by atoms with Crippen molar-refractivity contribution >= 4 is 34.2 Å². The first-order valence-corrected chi connectivity index (χ1v) is 11.4. The van der Waals surface area contributed by atoms with E-state index < -0.39 is 11.0 Å². The van der Waals surface area contributed by atoms with Crippen molar-refractivity contribution in [2.45, 2.75) is 25.3 Å². The molecule has 5 rings (SSSR count). The van der Waals surface area contributed by atoms with E-state index in [4.69, 9.17) is 4.42 Å². The summed E-state index contributed by atoms with van der Waals surface area (Å²) in [6.45, 7) is 0.573. The van der Waals surface area contributed by atoms with Crippen LogP contribution in [0.3, 0.4) is 0 Å². The number of carbonyl (C=O) groups excluding carboxylic acids is 2. The topological polar surface area (TPSA) is 106 Å². The molecule has 0 unspecified atom stereocenters. The molecule has 1 fully saturated rings. The number of hydrogen-bond acceptors (Lipinski definition) is 5. The van der Waals surface area contributed by atoms with Gasteiger partial charge in [0.2, 0.25) is 11.8 Å². The number of non-ortho nitro benzene ring substituents is 1. The minimum absolute atomic E-state index is 0.0121. The van der Waals surface area contributed by atoms with Gasteiger partial charge in [0.1, 0.15) is 17.4 Å². The normalized spacial score (nSPS) is 15.3. The Labute approximate surface area is 201 Å². The van der Waals surface area contributed by atoms with Gasteiger partial charge in [0.15, 0.2) is 0 Å². The maximum Gasteiger partial charge on any atom is 0.269 e. The number of nitro groups is 1. The first-order chi connectivity index (χ1) is 17.0. The van der Waals surface area contributed by atoms with E-state index in [0.29, 0.717) is 30.0 Å². The van der Waals surface area contributed by atoms with E-state index in [2.05, 4.69) is 5.32 Å². The highest BCUT2D eigenvalue weighted by atomic mass is 16.6. The third kappa shape index (κ3) is 4.77. The van der Waals surface area contributed by atoms with Gasteiger partial charge in [-0.3, -0.25) is 19.7 Å². The van der Waals surface area contributed by atoms with Gasteiger partial charge in [0, 0.05) is 35.3 Å². The molecule has 3 aromatic carbocycles. The van der Waals surface area contributed by atoms with Crippen LogP contribution in [0, 0.1) is 10.1 Å². The van der Waals surface area contributed by atoms with Gasteiger partial charge in [-0.15, -0.1) is 0 Å². The number of rotatable bonds is 6. The lowest BCUT2D eigenvalue weighted by atomic mass is 10.1. The van der Waals surface area contributed by atoms with Crippen molar-refractivity contribution in [3.63, 3.8) is 0 Å². The van der Waals surface area contributed by atoms with Crippen molar-refractivity contribution in [2.75, 3.05) is 11.9 Å². The Balaban J connectivity index is 1.29. The predicted octanol–water partition coefficient (Wildman–Crippen LogP) is 5.18. The van der Waals surface area contributed by atoms with E-state index in [1.54, 1.807) is 29.2 Å². The van der Waals surface area contributed by atoms with Gasteiger partial charge >= 0.3 is 0 Å². The largest absolute Gasteiger partial charge is 0.456 e. The molecule has 1 atom stereocenters. The van der Waals surface area contributed by atoms with E-state index in [-0.39, 0.29) is 23.9 Å². The van der Waals surface area contributed by atoms with Gasteiger partial charge in [-0.25, -0.2) is 0 Å². The predicted molar refractivity (Wildman–Crippen MR) is 132 cm³/mol. The molecule has 176 valence electrons. The molecule has 2 amide bonds. The number of anilines is 1. The van der Waals surface area contributed by atoms with E-state index in [1.165, 1.54) is 12.1 Å². The van der Waals surface area contributed by atoms with Gasteiger partial charge in [-0.05, 0) is 54.8 Å². The highest BCUT2D eigenvalue weighted by molar-refractivity contribution is 5.99. The van der Waals surface area contributed by atoms with Crippen LogP contribution < -0.4 is 5.32 Å². The Kier molecular flexibility index (Phi) is 6.01. The number of furan rings is 1. The van der Waals surface area contributed by atoms with Crippen LogP contribution in [0.1, 0.15) is 18.4 Å². The van der Waals surface area contributed by atoms with Crippen LogP contribution in [-0.4, -0.2) is 34.2 Å². The lowest BCUT2D eigenvalue weighted by Gasteiger charge is -2.24. The number of benzene rings is 3. The molecule has 1 N–H and O–H groups in total. The van der Waals surface area contributed by atoms with Gasteiger partial charge in [0.25, 0.3) is 5.69 Å². The Morgan fingerprint density at radius 3 is 2.54 bits per heavy atom. The van der Waals surface area contributed by atoms with E-state index >= 15 is 0 Å². The minimum atomic E-state index is -0.498. The third-order valence-corrected chi connectivity index (χ3v) is 6.22.